The van der Waals surface area contributed by atoms with Gasteiger partial charge < -0.3 is 5.73 Å². The lowest BCUT2D eigenvalue weighted by atomic mass is 10.2. The van der Waals surface area contributed by atoms with E-state index in [9.17, 15) is 17.2 Å². The van der Waals surface area contributed by atoms with Crippen LogP contribution in [0.4, 0.5) is 8.78 Å². The summed E-state index contributed by atoms with van der Waals surface area (Å²) in [5.74, 6) is -1.75. The molecule has 19 heavy (non-hydrogen) atoms. The van der Waals surface area contributed by atoms with E-state index >= 15 is 0 Å². The first kappa shape index (κ1) is 14.4. The maximum absolute atomic E-state index is 13.6. The molecule has 1 atom stereocenters. The predicted octanol–water partition coefficient (Wildman–Crippen LogP) is 1.81. The Hall–Kier alpha value is -1.05. The van der Waals surface area contributed by atoms with Crippen LogP contribution in [0.25, 0.3) is 0 Å². The highest BCUT2D eigenvalue weighted by Crippen LogP contribution is 2.25. The SMILES string of the molecule is NC1CCCCCN1S(=O)(=O)c1cc(F)ccc1F. The van der Waals surface area contributed by atoms with Gasteiger partial charge in [-0.3, -0.25) is 0 Å². The Balaban J connectivity index is 2.43. The van der Waals surface area contributed by atoms with Gasteiger partial charge in [0.25, 0.3) is 0 Å². The second-order valence-electron chi connectivity index (χ2n) is 4.61. The van der Waals surface area contributed by atoms with Gasteiger partial charge in [-0.2, -0.15) is 4.31 Å². The number of sulfonamides is 1. The summed E-state index contributed by atoms with van der Waals surface area (Å²) in [7, 11) is -4.09. The molecule has 2 rings (SSSR count). The van der Waals surface area contributed by atoms with E-state index in [0.29, 0.717) is 18.9 Å². The Morgan fingerprint density at radius 1 is 1.21 bits per heavy atom. The Morgan fingerprint density at radius 2 is 1.95 bits per heavy atom. The van der Waals surface area contributed by atoms with Crippen LogP contribution in [-0.4, -0.2) is 25.4 Å². The topological polar surface area (TPSA) is 63.4 Å². The molecule has 4 nitrogen and oxygen atoms in total. The lowest BCUT2D eigenvalue weighted by Gasteiger charge is -2.26. The number of hydrogen-bond donors (Lipinski definition) is 1. The van der Waals surface area contributed by atoms with Crippen LogP contribution in [0.3, 0.4) is 0 Å². The van der Waals surface area contributed by atoms with Gasteiger partial charge in [0, 0.05) is 6.54 Å². The highest BCUT2D eigenvalue weighted by atomic mass is 32.2. The molecule has 0 saturated carbocycles. The van der Waals surface area contributed by atoms with E-state index in [2.05, 4.69) is 0 Å². The molecule has 0 spiro atoms. The van der Waals surface area contributed by atoms with E-state index in [1.54, 1.807) is 0 Å². The third-order valence-electron chi connectivity index (χ3n) is 3.23. The summed E-state index contributed by atoms with van der Waals surface area (Å²) < 4.78 is 52.6. The summed E-state index contributed by atoms with van der Waals surface area (Å²) in [6, 6.07) is 2.39. The molecule has 1 aliphatic rings. The molecule has 2 N–H and O–H groups in total. The Morgan fingerprint density at radius 3 is 2.68 bits per heavy atom. The lowest BCUT2D eigenvalue weighted by Crippen LogP contribution is -2.45. The van der Waals surface area contributed by atoms with Crippen LogP contribution in [0.5, 0.6) is 0 Å². The van der Waals surface area contributed by atoms with Gasteiger partial charge in [0.05, 0.1) is 6.17 Å². The molecule has 0 aromatic heterocycles. The zero-order valence-corrected chi connectivity index (χ0v) is 11.2. The van der Waals surface area contributed by atoms with Crippen molar-refractivity contribution in [1.29, 1.82) is 0 Å². The second kappa shape index (κ2) is 5.52. The van der Waals surface area contributed by atoms with Crippen LogP contribution in [-0.2, 0) is 10.0 Å². The Bertz CT molecular complexity index is 563. The van der Waals surface area contributed by atoms with E-state index in [-0.39, 0.29) is 6.54 Å². The van der Waals surface area contributed by atoms with Crippen LogP contribution >= 0.6 is 0 Å². The average molecular weight is 290 g/mol. The van der Waals surface area contributed by atoms with Gasteiger partial charge in [-0.05, 0) is 31.0 Å². The molecule has 1 aromatic rings. The fourth-order valence-corrected chi connectivity index (χ4v) is 3.87. The molecule has 1 aromatic carbocycles. The van der Waals surface area contributed by atoms with E-state index in [0.717, 1.165) is 29.3 Å². The highest BCUT2D eigenvalue weighted by molar-refractivity contribution is 7.89. The molecule has 1 fully saturated rings. The number of hydrogen-bond acceptors (Lipinski definition) is 3. The molecule has 0 radical (unpaired) electrons. The molecular weight excluding hydrogens is 274 g/mol. The fraction of sp³-hybridized carbons (Fsp3) is 0.500. The van der Waals surface area contributed by atoms with Crippen molar-refractivity contribution in [2.24, 2.45) is 5.73 Å². The van der Waals surface area contributed by atoms with E-state index < -0.39 is 32.7 Å². The van der Waals surface area contributed by atoms with Crippen molar-refractivity contribution < 1.29 is 17.2 Å². The smallest absolute Gasteiger partial charge is 0.247 e. The molecule has 0 aliphatic carbocycles. The number of halogens is 2. The third-order valence-corrected chi connectivity index (χ3v) is 5.17. The minimum absolute atomic E-state index is 0.236. The lowest BCUT2D eigenvalue weighted by molar-refractivity contribution is 0.328. The second-order valence-corrected chi connectivity index (χ2v) is 6.47. The first-order valence-electron chi connectivity index (χ1n) is 6.15. The summed E-state index contributed by atoms with van der Waals surface area (Å²) in [5, 5.41) is 0. The minimum atomic E-state index is -4.09. The summed E-state index contributed by atoms with van der Waals surface area (Å²) in [6.07, 6.45) is 2.22. The number of nitrogens with two attached hydrogens (primary N) is 1. The molecule has 106 valence electrons. The van der Waals surface area contributed by atoms with Crippen molar-refractivity contribution in [3.05, 3.63) is 29.8 Å². The fourth-order valence-electron chi connectivity index (χ4n) is 2.21. The van der Waals surface area contributed by atoms with Gasteiger partial charge in [0.15, 0.2) is 0 Å². The van der Waals surface area contributed by atoms with E-state index in [4.69, 9.17) is 5.73 Å². The molecule has 7 heteroatoms. The summed E-state index contributed by atoms with van der Waals surface area (Å²) in [6.45, 7) is 0.236. The van der Waals surface area contributed by atoms with Crippen molar-refractivity contribution in [1.82, 2.24) is 4.31 Å². The molecule has 1 aliphatic heterocycles. The predicted molar refractivity (Wildman–Crippen MR) is 66.7 cm³/mol. The van der Waals surface area contributed by atoms with Crippen molar-refractivity contribution in [2.45, 2.75) is 36.7 Å². The minimum Gasteiger partial charge on any atom is -0.315 e. The van der Waals surface area contributed by atoms with E-state index in [1.807, 2.05) is 0 Å². The normalized spacial score (nSPS) is 22.2. The van der Waals surface area contributed by atoms with Gasteiger partial charge in [-0.25, -0.2) is 17.2 Å². The van der Waals surface area contributed by atoms with Gasteiger partial charge in [0.2, 0.25) is 10.0 Å². The first-order chi connectivity index (χ1) is 8.93. The van der Waals surface area contributed by atoms with Crippen molar-refractivity contribution in [3.8, 4) is 0 Å². The van der Waals surface area contributed by atoms with Crippen molar-refractivity contribution in [2.75, 3.05) is 6.54 Å². The highest BCUT2D eigenvalue weighted by Gasteiger charge is 2.32. The summed E-state index contributed by atoms with van der Waals surface area (Å²) in [5.41, 5.74) is 5.82. The monoisotopic (exact) mass is 290 g/mol. The molecule has 1 saturated heterocycles. The molecule has 0 bridgehead atoms. The Kier molecular flexibility index (Phi) is 4.17. The van der Waals surface area contributed by atoms with Crippen LogP contribution in [0.2, 0.25) is 0 Å². The summed E-state index contributed by atoms with van der Waals surface area (Å²) in [4.78, 5) is -0.648. The maximum Gasteiger partial charge on any atom is 0.247 e. The van der Waals surface area contributed by atoms with Crippen LogP contribution in [0.15, 0.2) is 23.1 Å². The van der Waals surface area contributed by atoms with E-state index in [1.165, 1.54) is 0 Å². The summed E-state index contributed by atoms with van der Waals surface area (Å²) >= 11 is 0. The molecule has 0 amide bonds. The van der Waals surface area contributed by atoms with Crippen LogP contribution in [0.1, 0.15) is 25.7 Å². The van der Waals surface area contributed by atoms with Crippen molar-refractivity contribution >= 4 is 10.0 Å². The molecule has 1 heterocycles. The number of rotatable bonds is 2. The number of nitrogens with zero attached hydrogens (tertiary/aromatic N) is 1. The standard InChI is InChI=1S/C12H16F2N2O2S/c13-9-5-6-10(14)11(8-9)19(17,18)16-7-3-1-2-4-12(16)15/h5-6,8,12H,1-4,7,15H2. The van der Waals surface area contributed by atoms with Gasteiger partial charge >= 0.3 is 0 Å². The molecule has 1 unspecified atom stereocenters. The van der Waals surface area contributed by atoms with Gasteiger partial charge in [-0.15, -0.1) is 0 Å². The number of benzene rings is 1. The third kappa shape index (κ3) is 2.93. The van der Waals surface area contributed by atoms with Crippen LogP contribution < -0.4 is 5.73 Å². The quantitative estimate of drug-likeness (QED) is 0.903. The first-order valence-corrected chi connectivity index (χ1v) is 7.59. The van der Waals surface area contributed by atoms with Crippen molar-refractivity contribution in [3.63, 3.8) is 0 Å². The van der Waals surface area contributed by atoms with Gasteiger partial charge in [0.1, 0.15) is 16.5 Å². The largest absolute Gasteiger partial charge is 0.315 e. The average Bonchev–Trinajstić information content (AvgIpc) is 2.57. The maximum atomic E-state index is 13.6. The molecular formula is C12H16F2N2O2S. The van der Waals surface area contributed by atoms with Crippen LogP contribution in [0, 0.1) is 11.6 Å². The Labute approximate surface area is 111 Å². The zero-order valence-electron chi connectivity index (χ0n) is 10.4. The zero-order chi connectivity index (χ0) is 14.0. The van der Waals surface area contributed by atoms with Gasteiger partial charge in [-0.1, -0.05) is 12.8 Å².